The minimum Gasteiger partial charge on any atom is -0.478 e. The molecule has 0 amide bonds. The molecule has 25 heavy (non-hydrogen) atoms. The first-order valence-electron chi connectivity index (χ1n) is 6.65. The standard InChI is InChI=1S/C14H9ClF4N2O4/c1-2-20-10(14(17,18)19)5-11(22)21(13(20)25)9-3-6(12(23)24)7(15)4-8(9)16/h3-5H,2H2,1H3,(H,23,24). The van der Waals surface area contributed by atoms with Crippen molar-refractivity contribution < 1.29 is 27.5 Å². The van der Waals surface area contributed by atoms with Crippen molar-refractivity contribution in [1.82, 2.24) is 9.13 Å². The highest BCUT2D eigenvalue weighted by Crippen LogP contribution is 2.28. The summed E-state index contributed by atoms with van der Waals surface area (Å²) in [6.45, 7) is 0.779. The number of hydrogen-bond donors (Lipinski definition) is 1. The number of carboxylic acids is 1. The number of halogens is 5. The van der Waals surface area contributed by atoms with E-state index in [9.17, 15) is 31.9 Å². The number of nitrogens with zero attached hydrogens (tertiary/aromatic N) is 2. The van der Waals surface area contributed by atoms with Crippen molar-refractivity contribution in [2.75, 3.05) is 0 Å². The number of carboxylic acid groups (broad SMARTS) is 1. The average Bonchev–Trinajstić information content (AvgIpc) is 2.47. The molecular formula is C14H9ClF4N2O4. The van der Waals surface area contributed by atoms with Crippen molar-refractivity contribution in [3.63, 3.8) is 0 Å². The Kier molecular flexibility index (Phi) is 4.76. The summed E-state index contributed by atoms with van der Waals surface area (Å²) in [5.41, 5.74) is -5.84. The Labute approximate surface area is 141 Å². The van der Waals surface area contributed by atoms with Crippen LogP contribution < -0.4 is 11.2 Å². The lowest BCUT2D eigenvalue weighted by molar-refractivity contribution is -0.144. The second kappa shape index (κ2) is 6.36. The maximum Gasteiger partial charge on any atom is 0.431 e. The molecule has 0 bridgehead atoms. The van der Waals surface area contributed by atoms with Gasteiger partial charge in [-0.1, -0.05) is 11.6 Å². The van der Waals surface area contributed by atoms with E-state index in [4.69, 9.17) is 16.7 Å². The van der Waals surface area contributed by atoms with E-state index >= 15 is 0 Å². The van der Waals surface area contributed by atoms with E-state index < -0.39 is 57.7 Å². The topological polar surface area (TPSA) is 81.3 Å². The van der Waals surface area contributed by atoms with E-state index in [2.05, 4.69) is 0 Å². The minimum absolute atomic E-state index is 0.122. The van der Waals surface area contributed by atoms with Crippen molar-refractivity contribution in [3.8, 4) is 5.69 Å². The lowest BCUT2D eigenvalue weighted by atomic mass is 10.2. The molecule has 6 nitrogen and oxygen atoms in total. The first kappa shape index (κ1) is 18.7. The van der Waals surface area contributed by atoms with Gasteiger partial charge in [0.25, 0.3) is 5.56 Å². The van der Waals surface area contributed by atoms with Crippen molar-refractivity contribution in [3.05, 3.63) is 61.1 Å². The predicted molar refractivity (Wildman–Crippen MR) is 78.9 cm³/mol. The predicted octanol–water partition coefficient (Wildman–Crippen LogP) is 2.53. The van der Waals surface area contributed by atoms with Crippen LogP contribution in [0.4, 0.5) is 17.6 Å². The third kappa shape index (κ3) is 3.29. The fourth-order valence-corrected chi connectivity index (χ4v) is 2.44. The van der Waals surface area contributed by atoms with Crippen LogP contribution in [0.15, 0.2) is 27.8 Å². The van der Waals surface area contributed by atoms with Gasteiger partial charge in [-0.3, -0.25) is 9.36 Å². The second-order valence-corrected chi connectivity index (χ2v) is 5.22. The van der Waals surface area contributed by atoms with Crippen LogP contribution in [0.3, 0.4) is 0 Å². The molecule has 0 radical (unpaired) electrons. The van der Waals surface area contributed by atoms with Gasteiger partial charge >= 0.3 is 17.8 Å². The van der Waals surface area contributed by atoms with Gasteiger partial charge in [0.05, 0.1) is 16.3 Å². The summed E-state index contributed by atoms with van der Waals surface area (Å²) in [6, 6.07) is 1.30. The zero-order chi connectivity index (χ0) is 19.1. The molecule has 1 N–H and O–H groups in total. The van der Waals surface area contributed by atoms with Crippen LogP contribution in [0, 0.1) is 5.82 Å². The van der Waals surface area contributed by atoms with Gasteiger partial charge < -0.3 is 5.11 Å². The number of rotatable bonds is 3. The van der Waals surface area contributed by atoms with E-state index in [1.807, 2.05) is 0 Å². The summed E-state index contributed by atoms with van der Waals surface area (Å²) in [5.74, 6) is -2.81. The highest BCUT2D eigenvalue weighted by molar-refractivity contribution is 6.33. The SMILES string of the molecule is CCn1c(C(F)(F)F)cc(=O)n(-c2cc(C(=O)O)c(Cl)cc2F)c1=O. The van der Waals surface area contributed by atoms with E-state index in [-0.39, 0.29) is 15.2 Å². The normalized spacial score (nSPS) is 11.6. The number of alkyl halides is 3. The van der Waals surface area contributed by atoms with Gasteiger partial charge in [-0.2, -0.15) is 13.2 Å². The first-order valence-corrected chi connectivity index (χ1v) is 7.03. The molecular weight excluding hydrogens is 372 g/mol. The Bertz CT molecular complexity index is 979. The molecule has 2 rings (SSSR count). The van der Waals surface area contributed by atoms with E-state index in [1.165, 1.54) is 6.92 Å². The Morgan fingerprint density at radius 2 is 1.84 bits per heavy atom. The fraction of sp³-hybridized carbons (Fsp3) is 0.214. The molecule has 0 aliphatic rings. The molecule has 0 saturated heterocycles. The summed E-state index contributed by atoms with van der Waals surface area (Å²) in [4.78, 5) is 35.4. The van der Waals surface area contributed by atoms with Crippen LogP contribution in [-0.4, -0.2) is 20.2 Å². The van der Waals surface area contributed by atoms with Crippen LogP contribution in [0.25, 0.3) is 5.69 Å². The zero-order valence-electron chi connectivity index (χ0n) is 12.4. The Hall–Kier alpha value is -2.62. The molecule has 134 valence electrons. The van der Waals surface area contributed by atoms with Gasteiger partial charge in [-0.25, -0.2) is 18.5 Å². The van der Waals surface area contributed by atoms with Crippen LogP contribution in [-0.2, 0) is 12.7 Å². The van der Waals surface area contributed by atoms with Crippen molar-refractivity contribution >= 4 is 17.6 Å². The van der Waals surface area contributed by atoms with Crippen LogP contribution in [0.5, 0.6) is 0 Å². The zero-order valence-corrected chi connectivity index (χ0v) is 13.2. The van der Waals surface area contributed by atoms with Crippen molar-refractivity contribution in [2.24, 2.45) is 0 Å². The highest BCUT2D eigenvalue weighted by Gasteiger charge is 2.36. The maximum absolute atomic E-state index is 14.1. The maximum atomic E-state index is 14.1. The van der Waals surface area contributed by atoms with Crippen LogP contribution in [0.2, 0.25) is 5.02 Å². The molecule has 0 fully saturated rings. The van der Waals surface area contributed by atoms with Gasteiger partial charge in [0.1, 0.15) is 11.5 Å². The van der Waals surface area contributed by atoms with E-state index in [0.717, 1.165) is 0 Å². The third-order valence-corrected chi connectivity index (χ3v) is 3.62. The molecule has 0 atom stereocenters. The van der Waals surface area contributed by atoms with Gasteiger partial charge in [0.15, 0.2) is 0 Å². The lowest BCUT2D eigenvalue weighted by Crippen LogP contribution is -2.42. The fourth-order valence-electron chi connectivity index (χ4n) is 2.21. The highest BCUT2D eigenvalue weighted by atomic mass is 35.5. The number of benzene rings is 1. The van der Waals surface area contributed by atoms with Gasteiger partial charge in [0, 0.05) is 12.6 Å². The summed E-state index contributed by atoms with van der Waals surface area (Å²) in [7, 11) is 0. The lowest BCUT2D eigenvalue weighted by Gasteiger charge is -2.16. The van der Waals surface area contributed by atoms with E-state index in [1.54, 1.807) is 0 Å². The molecule has 0 aliphatic carbocycles. The van der Waals surface area contributed by atoms with E-state index in [0.29, 0.717) is 12.1 Å². The second-order valence-electron chi connectivity index (χ2n) is 4.82. The smallest absolute Gasteiger partial charge is 0.431 e. The number of carbonyl (C=O) groups is 1. The molecule has 1 heterocycles. The largest absolute Gasteiger partial charge is 0.478 e. The summed E-state index contributed by atoms with van der Waals surface area (Å²) in [5, 5.41) is 8.50. The Balaban J connectivity index is 2.91. The molecule has 0 spiro atoms. The average molecular weight is 381 g/mol. The number of aromatic carboxylic acids is 1. The minimum atomic E-state index is -4.97. The third-order valence-electron chi connectivity index (χ3n) is 3.31. The molecule has 1 aromatic heterocycles. The van der Waals surface area contributed by atoms with Gasteiger partial charge in [0.2, 0.25) is 0 Å². The molecule has 2 aromatic rings. The van der Waals surface area contributed by atoms with Crippen molar-refractivity contribution in [2.45, 2.75) is 19.6 Å². The molecule has 11 heteroatoms. The Morgan fingerprint density at radius 1 is 1.24 bits per heavy atom. The van der Waals surface area contributed by atoms with Crippen molar-refractivity contribution in [1.29, 1.82) is 0 Å². The molecule has 0 aliphatic heterocycles. The monoisotopic (exact) mass is 380 g/mol. The molecule has 1 aromatic carbocycles. The summed E-state index contributed by atoms with van der Waals surface area (Å²) >= 11 is 5.57. The summed E-state index contributed by atoms with van der Waals surface area (Å²) in [6.07, 6.45) is -4.97. The summed E-state index contributed by atoms with van der Waals surface area (Å²) < 4.78 is 53.3. The quantitative estimate of drug-likeness (QED) is 0.830. The first-order chi connectivity index (χ1) is 11.5. The number of hydrogen-bond acceptors (Lipinski definition) is 3. The number of aromatic nitrogens is 2. The Morgan fingerprint density at radius 3 is 2.32 bits per heavy atom. The molecule has 0 unspecified atom stereocenters. The van der Waals surface area contributed by atoms with Gasteiger partial charge in [-0.05, 0) is 19.1 Å². The molecule has 0 saturated carbocycles. The van der Waals surface area contributed by atoms with Crippen LogP contribution in [0.1, 0.15) is 23.0 Å². The van der Waals surface area contributed by atoms with Crippen LogP contribution >= 0.6 is 11.6 Å². The van der Waals surface area contributed by atoms with Gasteiger partial charge in [-0.15, -0.1) is 0 Å².